The minimum absolute atomic E-state index is 0.431. The molecule has 18 heavy (non-hydrogen) atoms. The minimum atomic E-state index is 0.431. The van der Waals surface area contributed by atoms with Gasteiger partial charge in [-0.3, -0.25) is 0 Å². The van der Waals surface area contributed by atoms with Gasteiger partial charge in [-0.25, -0.2) is 4.98 Å². The van der Waals surface area contributed by atoms with Crippen molar-refractivity contribution in [2.24, 2.45) is 0 Å². The number of ether oxygens (including phenoxy) is 1. The SMILES string of the molecule is CCCc1nc(N)cc(Oc2ccc(Br)cc2)n1. The van der Waals surface area contributed by atoms with Crippen LogP contribution in [0.1, 0.15) is 19.2 Å². The summed E-state index contributed by atoms with van der Waals surface area (Å²) in [4.78, 5) is 8.47. The summed E-state index contributed by atoms with van der Waals surface area (Å²) in [5.41, 5.74) is 5.73. The van der Waals surface area contributed by atoms with Gasteiger partial charge in [0.1, 0.15) is 17.4 Å². The number of rotatable bonds is 4. The molecule has 0 saturated carbocycles. The van der Waals surface area contributed by atoms with Crippen LogP contribution in [0.3, 0.4) is 0 Å². The van der Waals surface area contributed by atoms with Crippen molar-refractivity contribution in [2.75, 3.05) is 5.73 Å². The molecule has 0 atom stereocenters. The lowest BCUT2D eigenvalue weighted by Gasteiger charge is -2.07. The maximum absolute atomic E-state index is 5.73. The van der Waals surface area contributed by atoms with Crippen LogP contribution in [0.15, 0.2) is 34.8 Å². The van der Waals surface area contributed by atoms with Crippen LogP contribution in [-0.2, 0) is 6.42 Å². The molecule has 1 aromatic carbocycles. The van der Waals surface area contributed by atoms with Gasteiger partial charge in [-0.15, -0.1) is 0 Å². The molecule has 0 amide bonds. The molecule has 1 aromatic heterocycles. The Morgan fingerprint density at radius 2 is 1.94 bits per heavy atom. The molecule has 0 saturated heterocycles. The van der Waals surface area contributed by atoms with E-state index in [2.05, 4.69) is 32.8 Å². The number of halogens is 1. The van der Waals surface area contributed by atoms with E-state index < -0.39 is 0 Å². The molecule has 2 aromatic rings. The van der Waals surface area contributed by atoms with Crippen LogP contribution in [0.25, 0.3) is 0 Å². The Bertz CT molecular complexity index is 528. The van der Waals surface area contributed by atoms with Crippen LogP contribution in [0.4, 0.5) is 5.82 Å². The highest BCUT2D eigenvalue weighted by Gasteiger charge is 2.04. The third kappa shape index (κ3) is 3.43. The molecular formula is C13H14BrN3O. The summed E-state index contributed by atoms with van der Waals surface area (Å²) in [5.74, 6) is 2.34. The second-order valence-electron chi connectivity index (χ2n) is 3.85. The van der Waals surface area contributed by atoms with Crippen molar-refractivity contribution in [2.45, 2.75) is 19.8 Å². The van der Waals surface area contributed by atoms with E-state index in [4.69, 9.17) is 10.5 Å². The van der Waals surface area contributed by atoms with Crippen molar-refractivity contribution >= 4 is 21.7 Å². The monoisotopic (exact) mass is 307 g/mol. The Labute approximate surface area is 114 Å². The molecule has 2 rings (SSSR count). The fourth-order valence-corrected chi connectivity index (χ4v) is 1.77. The first kappa shape index (κ1) is 12.8. The molecule has 0 radical (unpaired) electrons. The molecule has 0 bridgehead atoms. The van der Waals surface area contributed by atoms with Gasteiger partial charge in [-0.1, -0.05) is 22.9 Å². The van der Waals surface area contributed by atoms with Crippen molar-refractivity contribution in [3.05, 3.63) is 40.6 Å². The summed E-state index contributed by atoms with van der Waals surface area (Å²) in [6.45, 7) is 2.07. The average Bonchev–Trinajstić information content (AvgIpc) is 2.32. The topological polar surface area (TPSA) is 61.0 Å². The zero-order chi connectivity index (χ0) is 13.0. The largest absolute Gasteiger partial charge is 0.439 e. The Morgan fingerprint density at radius 3 is 2.61 bits per heavy atom. The Balaban J connectivity index is 2.20. The number of nitrogens with zero attached hydrogens (tertiary/aromatic N) is 2. The van der Waals surface area contributed by atoms with Gasteiger partial charge in [0.2, 0.25) is 5.88 Å². The number of benzene rings is 1. The fraction of sp³-hybridized carbons (Fsp3) is 0.231. The quantitative estimate of drug-likeness (QED) is 0.938. The number of anilines is 1. The predicted molar refractivity (Wildman–Crippen MR) is 74.7 cm³/mol. The number of hydrogen-bond acceptors (Lipinski definition) is 4. The number of aryl methyl sites for hydroxylation is 1. The fourth-order valence-electron chi connectivity index (χ4n) is 1.50. The third-order valence-electron chi connectivity index (χ3n) is 2.28. The van der Waals surface area contributed by atoms with Crippen LogP contribution in [0.5, 0.6) is 11.6 Å². The van der Waals surface area contributed by atoms with Crippen molar-refractivity contribution in [1.82, 2.24) is 9.97 Å². The van der Waals surface area contributed by atoms with Gasteiger partial charge in [0.25, 0.3) is 0 Å². The lowest BCUT2D eigenvalue weighted by atomic mass is 10.3. The first-order valence-corrected chi connectivity index (χ1v) is 6.53. The standard InChI is InChI=1S/C13H14BrN3O/c1-2-3-12-16-11(15)8-13(17-12)18-10-6-4-9(14)5-7-10/h4-8H,2-3H2,1H3,(H2,15,16,17). The number of hydrogen-bond donors (Lipinski definition) is 1. The lowest BCUT2D eigenvalue weighted by molar-refractivity contribution is 0.458. The molecule has 1 heterocycles. The predicted octanol–water partition coefficient (Wildman–Crippen LogP) is 3.57. The molecule has 0 fully saturated rings. The highest BCUT2D eigenvalue weighted by atomic mass is 79.9. The summed E-state index contributed by atoms with van der Waals surface area (Å²) >= 11 is 3.37. The van der Waals surface area contributed by atoms with E-state index in [1.54, 1.807) is 6.07 Å². The highest BCUT2D eigenvalue weighted by Crippen LogP contribution is 2.22. The average molecular weight is 308 g/mol. The van der Waals surface area contributed by atoms with Crippen LogP contribution in [0.2, 0.25) is 0 Å². The van der Waals surface area contributed by atoms with Gasteiger partial charge < -0.3 is 10.5 Å². The van der Waals surface area contributed by atoms with Crippen molar-refractivity contribution in [3.63, 3.8) is 0 Å². The van der Waals surface area contributed by atoms with Crippen LogP contribution in [-0.4, -0.2) is 9.97 Å². The normalized spacial score (nSPS) is 10.3. The minimum Gasteiger partial charge on any atom is -0.439 e. The molecule has 0 aliphatic heterocycles. The van der Waals surface area contributed by atoms with Gasteiger partial charge in [-0.2, -0.15) is 4.98 Å². The van der Waals surface area contributed by atoms with Crippen LogP contribution < -0.4 is 10.5 Å². The molecule has 0 spiro atoms. The maximum Gasteiger partial charge on any atom is 0.224 e. The first-order chi connectivity index (χ1) is 8.67. The Kier molecular flexibility index (Phi) is 4.15. The van der Waals surface area contributed by atoms with E-state index in [0.29, 0.717) is 17.5 Å². The van der Waals surface area contributed by atoms with Gasteiger partial charge in [0.15, 0.2) is 0 Å². The van der Waals surface area contributed by atoms with Gasteiger partial charge in [0, 0.05) is 17.0 Å². The molecule has 0 unspecified atom stereocenters. The van der Waals surface area contributed by atoms with E-state index in [1.165, 1.54) is 0 Å². The van der Waals surface area contributed by atoms with Gasteiger partial charge in [0.05, 0.1) is 0 Å². The number of nitrogen functional groups attached to an aromatic ring is 1. The Morgan fingerprint density at radius 1 is 1.22 bits per heavy atom. The smallest absolute Gasteiger partial charge is 0.224 e. The molecule has 0 aliphatic rings. The zero-order valence-electron chi connectivity index (χ0n) is 10.1. The maximum atomic E-state index is 5.73. The van der Waals surface area contributed by atoms with Crippen molar-refractivity contribution in [3.8, 4) is 11.6 Å². The molecule has 5 heteroatoms. The van der Waals surface area contributed by atoms with E-state index >= 15 is 0 Å². The van der Waals surface area contributed by atoms with Gasteiger partial charge >= 0.3 is 0 Å². The molecular weight excluding hydrogens is 294 g/mol. The van der Waals surface area contributed by atoms with E-state index in [-0.39, 0.29) is 0 Å². The number of nitrogens with two attached hydrogens (primary N) is 1. The molecule has 94 valence electrons. The zero-order valence-corrected chi connectivity index (χ0v) is 11.6. The summed E-state index contributed by atoms with van der Waals surface area (Å²) < 4.78 is 6.65. The summed E-state index contributed by atoms with van der Waals surface area (Å²) in [6, 6.07) is 9.17. The van der Waals surface area contributed by atoms with E-state index in [9.17, 15) is 0 Å². The van der Waals surface area contributed by atoms with E-state index in [1.807, 2.05) is 24.3 Å². The van der Waals surface area contributed by atoms with Crippen molar-refractivity contribution < 1.29 is 4.74 Å². The second kappa shape index (κ2) is 5.82. The van der Waals surface area contributed by atoms with Crippen molar-refractivity contribution in [1.29, 1.82) is 0 Å². The third-order valence-corrected chi connectivity index (χ3v) is 2.81. The molecule has 0 aliphatic carbocycles. The lowest BCUT2D eigenvalue weighted by Crippen LogP contribution is -2.01. The van der Waals surface area contributed by atoms with Crippen LogP contribution >= 0.6 is 15.9 Å². The first-order valence-electron chi connectivity index (χ1n) is 5.74. The summed E-state index contributed by atoms with van der Waals surface area (Å²) in [6.07, 6.45) is 1.77. The summed E-state index contributed by atoms with van der Waals surface area (Å²) in [5, 5.41) is 0. The molecule has 2 N–H and O–H groups in total. The Hall–Kier alpha value is -1.62. The van der Waals surface area contributed by atoms with E-state index in [0.717, 1.165) is 23.1 Å². The second-order valence-corrected chi connectivity index (χ2v) is 4.77. The summed E-state index contributed by atoms with van der Waals surface area (Å²) in [7, 11) is 0. The highest BCUT2D eigenvalue weighted by molar-refractivity contribution is 9.10. The molecule has 4 nitrogen and oxygen atoms in total. The number of aromatic nitrogens is 2. The van der Waals surface area contributed by atoms with Crippen LogP contribution in [0, 0.1) is 0 Å². The van der Waals surface area contributed by atoms with Gasteiger partial charge in [-0.05, 0) is 30.7 Å².